The summed E-state index contributed by atoms with van der Waals surface area (Å²) in [5.41, 5.74) is 6.95. The van der Waals surface area contributed by atoms with Gasteiger partial charge in [0.2, 0.25) is 5.82 Å². The highest BCUT2D eigenvalue weighted by Gasteiger charge is 2.33. The van der Waals surface area contributed by atoms with Crippen molar-refractivity contribution < 1.29 is 22.7 Å². The number of nitrogen functional groups attached to an aromatic ring is 1. The third kappa shape index (κ3) is 5.06. The summed E-state index contributed by atoms with van der Waals surface area (Å²) in [6.45, 7) is 0.765. The van der Waals surface area contributed by atoms with Gasteiger partial charge in [0.25, 0.3) is 5.91 Å². The summed E-state index contributed by atoms with van der Waals surface area (Å²) < 4.78 is 50.0. The van der Waals surface area contributed by atoms with E-state index in [4.69, 9.17) is 10.5 Å². The number of amides is 1. The second kappa shape index (κ2) is 10.6. The zero-order valence-corrected chi connectivity index (χ0v) is 21.7. The van der Waals surface area contributed by atoms with Crippen LogP contribution in [0.15, 0.2) is 54.4 Å². The minimum atomic E-state index is -1.18. The summed E-state index contributed by atoms with van der Waals surface area (Å²) in [5, 5.41) is 14.5. The molecule has 208 valence electrons. The van der Waals surface area contributed by atoms with Crippen molar-refractivity contribution in [3.8, 4) is 28.8 Å². The molecule has 2 fully saturated rings. The predicted molar refractivity (Wildman–Crippen MR) is 143 cm³/mol. The number of hydrogen-bond donors (Lipinski definition) is 1. The van der Waals surface area contributed by atoms with E-state index in [0.717, 1.165) is 31.4 Å². The minimum Gasteiger partial charge on any atom is -0.454 e. The average molecular weight is 560 g/mol. The monoisotopic (exact) mass is 559 g/mol. The number of allylic oxidation sites excluding steroid dienone is 1. The number of carbonyl (C=O) groups excluding carboxylic acids is 1. The second-order valence-corrected chi connectivity index (χ2v) is 10.1. The van der Waals surface area contributed by atoms with Gasteiger partial charge in [-0.15, -0.1) is 0 Å². The van der Waals surface area contributed by atoms with E-state index < -0.39 is 17.5 Å². The van der Waals surface area contributed by atoms with Crippen LogP contribution in [0.3, 0.4) is 0 Å². The zero-order valence-electron chi connectivity index (χ0n) is 21.7. The maximum Gasteiger partial charge on any atom is 0.264 e. The molecule has 2 aliphatic rings. The van der Waals surface area contributed by atoms with Gasteiger partial charge in [0, 0.05) is 18.2 Å². The van der Waals surface area contributed by atoms with Crippen LogP contribution in [0.25, 0.3) is 22.3 Å². The molecule has 0 radical (unpaired) electrons. The number of nitrogens with zero attached hydrogens (tertiary/aromatic N) is 6. The van der Waals surface area contributed by atoms with E-state index in [9.17, 15) is 18.8 Å². The number of ether oxygens (including phenoxy) is 1. The molecule has 1 aliphatic heterocycles. The van der Waals surface area contributed by atoms with Crippen LogP contribution in [0.5, 0.6) is 11.5 Å². The number of nitriles is 1. The van der Waals surface area contributed by atoms with Crippen molar-refractivity contribution in [3.05, 3.63) is 71.8 Å². The molecule has 1 atom stereocenters. The molecule has 4 aromatic rings. The average Bonchev–Trinajstić information content (AvgIpc) is 3.54. The van der Waals surface area contributed by atoms with Gasteiger partial charge in [-0.25, -0.2) is 23.4 Å². The van der Waals surface area contributed by atoms with Crippen LogP contribution in [0, 0.1) is 34.7 Å². The van der Waals surface area contributed by atoms with E-state index in [1.54, 1.807) is 15.7 Å². The normalized spacial score (nSPS) is 17.2. The van der Waals surface area contributed by atoms with Crippen molar-refractivity contribution in [2.45, 2.75) is 38.3 Å². The Morgan fingerprint density at radius 3 is 2.73 bits per heavy atom. The Balaban J connectivity index is 1.32. The first-order valence-electron chi connectivity index (χ1n) is 13.2. The number of nitrogens with two attached hydrogens (primary N) is 1. The van der Waals surface area contributed by atoms with Crippen molar-refractivity contribution in [1.82, 2.24) is 24.6 Å². The minimum absolute atomic E-state index is 0.0450. The van der Waals surface area contributed by atoms with Gasteiger partial charge in [-0.3, -0.25) is 4.79 Å². The quantitative estimate of drug-likeness (QED) is 0.246. The van der Waals surface area contributed by atoms with E-state index in [1.165, 1.54) is 30.6 Å². The van der Waals surface area contributed by atoms with Gasteiger partial charge in [0.05, 0.1) is 18.0 Å². The van der Waals surface area contributed by atoms with Gasteiger partial charge in [-0.05, 0) is 55.9 Å². The second-order valence-electron chi connectivity index (χ2n) is 10.1. The summed E-state index contributed by atoms with van der Waals surface area (Å²) in [6.07, 6.45) is 6.47. The number of anilines is 1. The van der Waals surface area contributed by atoms with Crippen LogP contribution in [-0.4, -0.2) is 43.1 Å². The molecule has 3 heterocycles. The van der Waals surface area contributed by atoms with Crippen LogP contribution in [0.4, 0.5) is 19.0 Å². The third-order valence-corrected chi connectivity index (χ3v) is 7.30. The fourth-order valence-corrected chi connectivity index (χ4v) is 5.09. The summed E-state index contributed by atoms with van der Waals surface area (Å²) in [6, 6.07) is 9.10. The number of likely N-dealkylation sites (tertiary alicyclic amines) is 1. The first-order chi connectivity index (χ1) is 19.8. The molecule has 0 unspecified atom stereocenters. The molecule has 2 N–H and O–H groups in total. The smallest absolute Gasteiger partial charge is 0.264 e. The summed E-state index contributed by atoms with van der Waals surface area (Å²) in [7, 11) is 0. The SMILES string of the molecule is N#C/C(=C/C1CC1)C(=O)N1CCC[C@@H]1Cn1nc(-c2ccc(Oc3cccc(F)c3F)cc2F)c2c(N)ncnc21. The molecular weight excluding hydrogens is 535 g/mol. The van der Waals surface area contributed by atoms with E-state index >= 15 is 4.39 Å². The fourth-order valence-electron chi connectivity index (χ4n) is 5.09. The molecule has 9 nitrogen and oxygen atoms in total. The highest BCUT2D eigenvalue weighted by Crippen LogP contribution is 2.36. The maximum atomic E-state index is 15.4. The Hall–Kier alpha value is -4.92. The Morgan fingerprint density at radius 2 is 1.98 bits per heavy atom. The van der Waals surface area contributed by atoms with Gasteiger partial charge in [-0.1, -0.05) is 12.1 Å². The van der Waals surface area contributed by atoms with E-state index in [-0.39, 0.29) is 58.6 Å². The lowest BCUT2D eigenvalue weighted by atomic mass is 10.1. The fraction of sp³-hybridized carbons (Fsp3) is 0.276. The van der Waals surface area contributed by atoms with Crippen LogP contribution in [0.1, 0.15) is 25.7 Å². The number of rotatable bonds is 7. The number of halogens is 3. The topological polar surface area (TPSA) is 123 Å². The summed E-state index contributed by atoms with van der Waals surface area (Å²) >= 11 is 0. The Kier molecular flexibility index (Phi) is 6.78. The maximum absolute atomic E-state index is 15.4. The van der Waals surface area contributed by atoms with Crippen LogP contribution >= 0.6 is 0 Å². The van der Waals surface area contributed by atoms with Gasteiger partial charge in [0.15, 0.2) is 17.2 Å². The lowest BCUT2D eigenvalue weighted by Gasteiger charge is -2.24. The molecule has 1 amide bonds. The van der Waals surface area contributed by atoms with Gasteiger partial charge < -0.3 is 15.4 Å². The van der Waals surface area contributed by atoms with Crippen LogP contribution < -0.4 is 10.5 Å². The van der Waals surface area contributed by atoms with Gasteiger partial charge in [0.1, 0.15) is 41.0 Å². The van der Waals surface area contributed by atoms with Crippen molar-refractivity contribution in [1.29, 1.82) is 5.26 Å². The largest absolute Gasteiger partial charge is 0.454 e. The molecule has 41 heavy (non-hydrogen) atoms. The van der Waals surface area contributed by atoms with E-state index in [0.29, 0.717) is 24.0 Å². The van der Waals surface area contributed by atoms with Crippen molar-refractivity contribution in [2.24, 2.45) is 5.92 Å². The number of fused-ring (bicyclic) bond motifs is 1. The van der Waals surface area contributed by atoms with Crippen molar-refractivity contribution in [2.75, 3.05) is 12.3 Å². The molecule has 0 bridgehead atoms. The lowest BCUT2D eigenvalue weighted by Crippen LogP contribution is -2.39. The molecule has 1 saturated heterocycles. The summed E-state index contributed by atoms with van der Waals surface area (Å²) in [5.74, 6) is -3.36. The van der Waals surface area contributed by atoms with E-state index in [1.807, 2.05) is 6.07 Å². The van der Waals surface area contributed by atoms with E-state index in [2.05, 4.69) is 15.1 Å². The van der Waals surface area contributed by atoms with Crippen LogP contribution in [-0.2, 0) is 11.3 Å². The molecule has 2 aromatic carbocycles. The highest BCUT2D eigenvalue weighted by molar-refractivity contribution is 5.99. The third-order valence-electron chi connectivity index (χ3n) is 7.30. The standard InChI is InChI=1S/C29H24F3N7O2/c30-21-4-1-5-23(25(21)32)41-19-8-9-20(22(31)12-19)26-24-27(34)35-15-36-28(24)39(37-26)14-18-3-2-10-38(18)29(40)17(13-33)11-16-6-7-16/h1,4-5,8-9,11-12,15-16,18H,2-3,6-7,10,14H2,(H2,34,35,36)/b17-11-/t18-/m1/s1. The van der Waals surface area contributed by atoms with Gasteiger partial charge >= 0.3 is 0 Å². The lowest BCUT2D eigenvalue weighted by molar-refractivity contribution is -0.127. The zero-order chi connectivity index (χ0) is 28.7. The number of hydrogen-bond acceptors (Lipinski definition) is 7. The van der Waals surface area contributed by atoms with Crippen molar-refractivity contribution >= 4 is 22.8 Å². The Labute approximate surface area is 232 Å². The number of benzene rings is 2. The Bertz CT molecular complexity index is 1740. The molecule has 12 heteroatoms. The first-order valence-corrected chi connectivity index (χ1v) is 13.2. The highest BCUT2D eigenvalue weighted by atomic mass is 19.2. The molecular formula is C29H24F3N7O2. The molecule has 0 spiro atoms. The van der Waals surface area contributed by atoms with Crippen LogP contribution in [0.2, 0.25) is 0 Å². The Morgan fingerprint density at radius 1 is 1.15 bits per heavy atom. The molecule has 2 aromatic heterocycles. The van der Waals surface area contributed by atoms with Gasteiger partial charge in [-0.2, -0.15) is 14.8 Å². The molecule has 1 saturated carbocycles. The molecule has 6 rings (SSSR count). The summed E-state index contributed by atoms with van der Waals surface area (Å²) in [4.78, 5) is 23.3. The van der Waals surface area contributed by atoms with Crippen molar-refractivity contribution in [3.63, 3.8) is 0 Å². The molecule has 1 aliphatic carbocycles. The first kappa shape index (κ1) is 26.3. The predicted octanol–water partition coefficient (Wildman–Crippen LogP) is 5.14. The number of carbonyl (C=O) groups is 1. The number of aromatic nitrogens is 4.